The van der Waals surface area contributed by atoms with Crippen molar-refractivity contribution in [3.63, 3.8) is 0 Å². The van der Waals surface area contributed by atoms with Gasteiger partial charge in [0.15, 0.2) is 0 Å². The van der Waals surface area contributed by atoms with Crippen molar-refractivity contribution in [2.75, 3.05) is 11.9 Å². The van der Waals surface area contributed by atoms with Gasteiger partial charge in [0.25, 0.3) is 11.6 Å². The quantitative estimate of drug-likeness (QED) is 0.427. The van der Waals surface area contributed by atoms with Crippen LogP contribution in [0, 0.1) is 10.1 Å². The molecule has 0 atom stereocenters. The Kier molecular flexibility index (Phi) is 4.66. The lowest BCUT2D eigenvalue weighted by atomic mass is 10.1. The molecule has 1 amide bonds. The Labute approximate surface area is 147 Å². The summed E-state index contributed by atoms with van der Waals surface area (Å²) in [5.74, 6) is -0.246. The zero-order chi connectivity index (χ0) is 18.7. The molecule has 1 N–H and O–H groups in total. The molecular weight excluding hydrogens is 340 g/mol. The van der Waals surface area contributed by atoms with Gasteiger partial charge in [-0.3, -0.25) is 14.9 Å². The van der Waals surface area contributed by atoms with Crippen LogP contribution in [0.3, 0.4) is 0 Å². The molecule has 0 aliphatic carbocycles. The van der Waals surface area contributed by atoms with E-state index in [4.69, 9.17) is 9.15 Å². The number of carbonyl (C=O) groups excluding carboxylic acids is 1. The van der Waals surface area contributed by atoms with E-state index in [1.165, 1.54) is 24.3 Å². The number of amides is 1. The molecule has 0 aliphatic rings. The lowest BCUT2D eigenvalue weighted by Crippen LogP contribution is -2.21. The summed E-state index contributed by atoms with van der Waals surface area (Å²) < 4.78 is 10.5. The number of benzene rings is 2. The first-order valence-electron chi connectivity index (χ1n) is 7.75. The van der Waals surface area contributed by atoms with Crippen LogP contribution >= 0.6 is 0 Å². The minimum atomic E-state index is -0.845. The Hall–Kier alpha value is -3.68. The third-order valence-corrected chi connectivity index (χ3v) is 3.61. The summed E-state index contributed by atoms with van der Waals surface area (Å²) in [4.78, 5) is 35.0. The Bertz CT molecular complexity index is 1060. The van der Waals surface area contributed by atoms with Gasteiger partial charge in [0.05, 0.1) is 11.5 Å². The maximum atomic E-state index is 12.4. The van der Waals surface area contributed by atoms with Crippen molar-refractivity contribution >= 4 is 28.3 Å². The van der Waals surface area contributed by atoms with Gasteiger partial charge in [-0.2, -0.15) is 0 Å². The van der Waals surface area contributed by atoms with E-state index in [1.807, 2.05) is 6.92 Å². The number of carbonyl (C=O) groups is 1. The first-order valence-corrected chi connectivity index (χ1v) is 7.75. The van der Waals surface area contributed by atoms with Crippen LogP contribution in [-0.2, 0) is 0 Å². The molecule has 0 saturated carbocycles. The molecule has 0 bridgehead atoms. The average Bonchev–Trinajstić information content (AvgIpc) is 2.61. The van der Waals surface area contributed by atoms with E-state index in [-0.39, 0.29) is 22.5 Å². The van der Waals surface area contributed by atoms with Crippen LogP contribution in [0.5, 0.6) is 5.75 Å². The summed E-state index contributed by atoms with van der Waals surface area (Å²) in [6.45, 7) is 2.29. The fourth-order valence-electron chi connectivity index (χ4n) is 2.43. The van der Waals surface area contributed by atoms with Gasteiger partial charge < -0.3 is 14.5 Å². The molecule has 0 spiro atoms. The first kappa shape index (κ1) is 17.2. The molecular formula is C18H14N2O6. The molecule has 8 heteroatoms. The molecule has 0 fully saturated rings. The molecule has 0 aliphatic heterocycles. The van der Waals surface area contributed by atoms with Crippen LogP contribution in [0.1, 0.15) is 17.3 Å². The molecule has 3 rings (SSSR count). The number of nitrogens with one attached hydrogen (secondary N) is 1. The number of ether oxygens (including phenoxy) is 1. The second-order valence-corrected chi connectivity index (χ2v) is 5.31. The van der Waals surface area contributed by atoms with Gasteiger partial charge in [-0.15, -0.1) is 0 Å². The van der Waals surface area contributed by atoms with Gasteiger partial charge in [0.1, 0.15) is 22.6 Å². The van der Waals surface area contributed by atoms with E-state index in [0.29, 0.717) is 17.7 Å². The third-order valence-electron chi connectivity index (χ3n) is 3.61. The van der Waals surface area contributed by atoms with Crippen LogP contribution in [0.25, 0.3) is 11.0 Å². The SMILES string of the molecule is CCOc1ccc2cc(C(=O)Nc3ccccc3[N+](=O)[O-])c(=O)oc2c1. The van der Waals surface area contributed by atoms with Crippen molar-refractivity contribution in [3.05, 3.63) is 74.6 Å². The normalized spacial score (nSPS) is 10.5. The summed E-state index contributed by atoms with van der Waals surface area (Å²) in [6.07, 6.45) is 0. The lowest BCUT2D eigenvalue weighted by Gasteiger charge is -2.07. The number of para-hydroxylation sites is 2. The van der Waals surface area contributed by atoms with Crippen LogP contribution in [0.4, 0.5) is 11.4 Å². The predicted octanol–water partition coefficient (Wildman–Crippen LogP) is 3.35. The van der Waals surface area contributed by atoms with Crippen molar-refractivity contribution in [2.24, 2.45) is 0 Å². The highest BCUT2D eigenvalue weighted by molar-refractivity contribution is 6.06. The molecule has 0 radical (unpaired) electrons. The van der Waals surface area contributed by atoms with E-state index in [1.54, 1.807) is 24.3 Å². The van der Waals surface area contributed by atoms with Gasteiger partial charge >= 0.3 is 5.63 Å². The highest BCUT2D eigenvalue weighted by atomic mass is 16.6. The molecule has 132 valence electrons. The second-order valence-electron chi connectivity index (χ2n) is 5.31. The topological polar surface area (TPSA) is 112 Å². The fraction of sp³-hybridized carbons (Fsp3) is 0.111. The largest absolute Gasteiger partial charge is 0.494 e. The van der Waals surface area contributed by atoms with Crippen molar-refractivity contribution in [1.82, 2.24) is 0 Å². The number of rotatable bonds is 5. The summed E-state index contributed by atoms with van der Waals surface area (Å²) in [5, 5.41) is 13.9. The Morgan fingerprint density at radius 3 is 2.73 bits per heavy atom. The molecule has 0 saturated heterocycles. The van der Waals surface area contributed by atoms with E-state index < -0.39 is 16.5 Å². The maximum Gasteiger partial charge on any atom is 0.349 e. The highest BCUT2D eigenvalue weighted by Crippen LogP contribution is 2.24. The molecule has 2 aromatic carbocycles. The van der Waals surface area contributed by atoms with E-state index in [2.05, 4.69) is 5.32 Å². The van der Waals surface area contributed by atoms with Crippen LogP contribution in [-0.4, -0.2) is 17.4 Å². The average molecular weight is 354 g/mol. The monoisotopic (exact) mass is 354 g/mol. The van der Waals surface area contributed by atoms with Gasteiger partial charge in [-0.25, -0.2) is 4.79 Å². The lowest BCUT2D eigenvalue weighted by molar-refractivity contribution is -0.383. The van der Waals surface area contributed by atoms with E-state index in [9.17, 15) is 19.7 Å². The minimum Gasteiger partial charge on any atom is -0.494 e. The number of anilines is 1. The van der Waals surface area contributed by atoms with Crippen molar-refractivity contribution < 1.29 is 18.9 Å². The van der Waals surface area contributed by atoms with Crippen LogP contribution in [0.15, 0.2) is 57.7 Å². The fourth-order valence-corrected chi connectivity index (χ4v) is 2.43. The first-order chi connectivity index (χ1) is 12.5. The third kappa shape index (κ3) is 3.39. The van der Waals surface area contributed by atoms with Gasteiger partial charge in [-0.1, -0.05) is 12.1 Å². The number of nitrogens with zero attached hydrogens (tertiary/aromatic N) is 1. The summed E-state index contributed by atoms with van der Waals surface area (Å²) >= 11 is 0. The smallest absolute Gasteiger partial charge is 0.349 e. The number of hydrogen-bond acceptors (Lipinski definition) is 6. The Balaban J connectivity index is 1.96. The zero-order valence-electron chi connectivity index (χ0n) is 13.7. The molecule has 3 aromatic rings. The summed E-state index contributed by atoms with van der Waals surface area (Å²) in [7, 11) is 0. The van der Waals surface area contributed by atoms with Gasteiger partial charge in [-0.05, 0) is 31.2 Å². The second kappa shape index (κ2) is 7.06. The summed E-state index contributed by atoms with van der Waals surface area (Å²) in [5.41, 5.74) is -1.09. The van der Waals surface area contributed by atoms with Crippen LogP contribution < -0.4 is 15.7 Å². The van der Waals surface area contributed by atoms with E-state index in [0.717, 1.165) is 0 Å². The number of fused-ring (bicyclic) bond motifs is 1. The molecule has 8 nitrogen and oxygen atoms in total. The van der Waals surface area contributed by atoms with E-state index >= 15 is 0 Å². The van der Waals surface area contributed by atoms with Crippen molar-refractivity contribution in [3.8, 4) is 5.75 Å². The standard InChI is InChI=1S/C18H14N2O6/c1-2-25-12-8-7-11-9-13(18(22)26-16(11)10-12)17(21)19-14-5-3-4-6-15(14)20(23)24/h3-10H,2H2,1H3,(H,19,21). The van der Waals surface area contributed by atoms with Crippen molar-refractivity contribution in [2.45, 2.75) is 6.92 Å². The zero-order valence-corrected chi connectivity index (χ0v) is 13.7. The minimum absolute atomic E-state index is 0.00584. The summed E-state index contributed by atoms with van der Waals surface area (Å²) in [6, 6.07) is 11.9. The van der Waals surface area contributed by atoms with Crippen molar-refractivity contribution in [1.29, 1.82) is 0 Å². The number of hydrogen-bond donors (Lipinski definition) is 1. The van der Waals surface area contributed by atoms with Crippen LogP contribution in [0.2, 0.25) is 0 Å². The predicted molar refractivity (Wildman–Crippen MR) is 94.7 cm³/mol. The van der Waals surface area contributed by atoms with Gasteiger partial charge in [0.2, 0.25) is 0 Å². The van der Waals surface area contributed by atoms with Gasteiger partial charge in [0, 0.05) is 17.5 Å². The Morgan fingerprint density at radius 1 is 1.23 bits per heavy atom. The highest BCUT2D eigenvalue weighted by Gasteiger charge is 2.19. The maximum absolute atomic E-state index is 12.4. The number of nitro benzene ring substituents is 1. The molecule has 26 heavy (non-hydrogen) atoms. The molecule has 0 unspecified atom stereocenters. The molecule has 1 aromatic heterocycles. The molecule has 1 heterocycles. The number of nitro groups is 1. The Morgan fingerprint density at radius 2 is 2.00 bits per heavy atom.